The van der Waals surface area contributed by atoms with Crippen molar-refractivity contribution in [2.24, 2.45) is 0 Å². The van der Waals surface area contributed by atoms with Gasteiger partial charge in [-0.25, -0.2) is 9.18 Å². The molecule has 2 N–H and O–H groups in total. The predicted molar refractivity (Wildman–Crippen MR) is 92.7 cm³/mol. The van der Waals surface area contributed by atoms with Gasteiger partial charge in [0, 0.05) is 6.54 Å². The number of fused-ring (bicyclic) bond motifs is 1. The van der Waals surface area contributed by atoms with Gasteiger partial charge in [-0.3, -0.25) is 4.79 Å². The van der Waals surface area contributed by atoms with Crippen LogP contribution in [0, 0.1) is 5.82 Å². The van der Waals surface area contributed by atoms with E-state index in [0.717, 1.165) is 5.56 Å². The number of aromatic carboxylic acids is 1. The molecule has 0 radical (unpaired) electrons. The molecule has 1 aromatic carbocycles. The summed E-state index contributed by atoms with van der Waals surface area (Å²) in [6.07, 6.45) is 0.228. The number of halogens is 1. The van der Waals surface area contributed by atoms with Crippen molar-refractivity contribution >= 4 is 11.9 Å². The molecule has 0 bridgehead atoms. The molecule has 0 aliphatic carbocycles. The van der Waals surface area contributed by atoms with Crippen LogP contribution in [-0.2, 0) is 11.3 Å². The van der Waals surface area contributed by atoms with Gasteiger partial charge in [0.2, 0.25) is 0 Å². The Labute approximate surface area is 150 Å². The Kier molecular flexibility index (Phi) is 5.08. The molecule has 0 spiro atoms. The van der Waals surface area contributed by atoms with Crippen LogP contribution in [0.3, 0.4) is 0 Å². The van der Waals surface area contributed by atoms with E-state index in [9.17, 15) is 19.1 Å². The molecule has 2 aromatic rings. The molecule has 1 amide bonds. The molecular weight excluding hydrogens is 339 g/mol. The molecule has 3 rings (SSSR count). The molecule has 1 aliphatic heterocycles. The molecule has 0 saturated carbocycles. The van der Waals surface area contributed by atoms with Gasteiger partial charge in [0.05, 0.1) is 30.0 Å². The minimum atomic E-state index is -1.09. The number of hydrogen-bond donors (Lipinski definition) is 2. The first kappa shape index (κ1) is 18.1. The van der Waals surface area contributed by atoms with Crippen molar-refractivity contribution in [3.8, 4) is 0 Å². The van der Waals surface area contributed by atoms with Gasteiger partial charge in [0.25, 0.3) is 5.91 Å². The summed E-state index contributed by atoms with van der Waals surface area (Å²) < 4.78 is 20.4. The third kappa shape index (κ3) is 3.35. The maximum atomic E-state index is 13.1. The van der Waals surface area contributed by atoms with Gasteiger partial charge in [-0.2, -0.15) is 0 Å². The van der Waals surface area contributed by atoms with Crippen LogP contribution >= 0.6 is 0 Å². The molecule has 1 unspecified atom stereocenters. The number of carbonyl (C=O) groups excluding carboxylic acids is 1. The summed E-state index contributed by atoms with van der Waals surface area (Å²) in [5.74, 6) is -1.78. The molecule has 26 heavy (non-hydrogen) atoms. The highest BCUT2D eigenvalue weighted by molar-refractivity contribution is 5.98. The Morgan fingerprint density at radius 2 is 2.08 bits per heavy atom. The highest BCUT2D eigenvalue weighted by Crippen LogP contribution is 2.29. The van der Waals surface area contributed by atoms with E-state index >= 15 is 0 Å². The first-order chi connectivity index (χ1) is 12.4. The van der Waals surface area contributed by atoms with E-state index in [-0.39, 0.29) is 23.3 Å². The molecule has 1 aromatic heterocycles. The predicted octanol–water partition coefficient (Wildman–Crippen LogP) is 3.30. The van der Waals surface area contributed by atoms with Gasteiger partial charge in [0.1, 0.15) is 11.5 Å². The van der Waals surface area contributed by atoms with E-state index in [2.05, 4.69) is 5.32 Å². The number of nitrogens with zero attached hydrogens (tertiary/aromatic N) is 1. The Hall–Kier alpha value is -2.67. The lowest BCUT2D eigenvalue weighted by Gasteiger charge is -2.25. The molecule has 6 nitrogen and oxygen atoms in total. The fourth-order valence-corrected chi connectivity index (χ4v) is 3.35. The van der Waals surface area contributed by atoms with Crippen molar-refractivity contribution in [2.45, 2.75) is 39.0 Å². The van der Waals surface area contributed by atoms with Crippen molar-refractivity contribution in [1.29, 1.82) is 0 Å². The summed E-state index contributed by atoms with van der Waals surface area (Å²) in [6, 6.07) is 7.08. The van der Waals surface area contributed by atoms with Crippen LogP contribution < -0.4 is 5.32 Å². The lowest BCUT2D eigenvalue weighted by molar-refractivity contribution is 0.0300. The molecule has 2 heterocycles. The van der Waals surface area contributed by atoms with Gasteiger partial charge in [-0.1, -0.05) is 19.1 Å². The number of amides is 1. The second-order valence-electron chi connectivity index (χ2n) is 6.28. The quantitative estimate of drug-likeness (QED) is 0.857. The monoisotopic (exact) mass is 360 g/mol. The van der Waals surface area contributed by atoms with Crippen molar-refractivity contribution in [2.75, 3.05) is 6.61 Å². The van der Waals surface area contributed by atoms with E-state index in [0.29, 0.717) is 31.0 Å². The zero-order valence-electron chi connectivity index (χ0n) is 14.7. The number of carboxylic acids is 1. The third-order valence-corrected chi connectivity index (χ3v) is 4.66. The van der Waals surface area contributed by atoms with Crippen molar-refractivity contribution < 1.29 is 23.8 Å². The normalized spacial score (nSPS) is 17.4. The van der Waals surface area contributed by atoms with Crippen LogP contribution in [0.5, 0.6) is 0 Å². The summed E-state index contributed by atoms with van der Waals surface area (Å²) in [5.41, 5.74) is 1.68. The number of aromatic nitrogens is 1. The van der Waals surface area contributed by atoms with Crippen LogP contribution in [0.2, 0.25) is 0 Å². The average molecular weight is 360 g/mol. The summed E-state index contributed by atoms with van der Waals surface area (Å²) >= 11 is 0. The Balaban J connectivity index is 1.91. The molecule has 0 saturated heterocycles. The molecule has 0 fully saturated rings. The number of benzene rings is 1. The number of ether oxygens (including phenoxy) is 1. The second-order valence-corrected chi connectivity index (χ2v) is 6.28. The Morgan fingerprint density at radius 3 is 2.69 bits per heavy atom. The smallest absolute Gasteiger partial charge is 0.337 e. The maximum absolute atomic E-state index is 13.1. The van der Waals surface area contributed by atoms with Crippen molar-refractivity contribution in [1.82, 2.24) is 9.88 Å². The van der Waals surface area contributed by atoms with Gasteiger partial charge >= 0.3 is 5.97 Å². The summed E-state index contributed by atoms with van der Waals surface area (Å²) in [6.45, 7) is 4.52. The number of rotatable bonds is 5. The van der Waals surface area contributed by atoms with Gasteiger partial charge in [0.15, 0.2) is 0 Å². The SMILES string of the molecule is CC[C@@H](NC(=O)c1cc(C(=O)O)c2n1CCOC2C)c1ccc(F)cc1. The zero-order chi connectivity index (χ0) is 18.8. The minimum absolute atomic E-state index is 0.0807. The fourth-order valence-electron chi connectivity index (χ4n) is 3.35. The lowest BCUT2D eigenvalue weighted by Crippen LogP contribution is -2.32. The molecule has 2 atom stereocenters. The summed E-state index contributed by atoms with van der Waals surface area (Å²) in [7, 11) is 0. The van der Waals surface area contributed by atoms with Crippen molar-refractivity contribution in [3.05, 3.63) is 58.7 Å². The Bertz CT molecular complexity index is 829. The van der Waals surface area contributed by atoms with E-state index in [1.807, 2.05) is 6.92 Å². The van der Waals surface area contributed by atoms with E-state index in [4.69, 9.17) is 4.74 Å². The van der Waals surface area contributed by atoms with E-state index < -0.39 is 12.1 Å². The zero-order valence-corrected chi connectivity index (χ0v) is 14.7. The maximum Gasteiger partial charge on any atom is 0.337 e. The molecule has 138 valence electrons. The number of hydrogen-bond acceptors (Lipinski definition) is 3. The number of carboxylic acid groups (broad SMARTS) is 1. The lowest BCUT2D eigenvalue weighted by atomic mass is 10.0. The van der Waals surface area contributed by atoms with Crippen LogP contribution in [0.25, 0.3) is 0 Å². The van der Waals surface area contributed by atoms with E-state index in [1.54, 1.807) is 23.6 Å². The fraction of sp³-hybridized carbons (Fsp3) is 0.368. The first-order valence-electron chi connectivity index (χ1n) is 8.57. The number of nitrogens with one attached hydrogen (secondary N) is 1. The van der Waals surface area contributed by atoms with Gasteiger partial charge in [-0.05, 0) is 37.1 Å². The van der Waals surface area contributed by atoms with Crippen LogP contribution in [0.15, 0.2) is 30.3 Å². The van der Waals surface area contributed by atoms with E-state index in [1.165, 1.54) is 18.2 Å². The highest BCUT2D eigenvalue weighted by atomic mass is 19.1. The van der Waals surface area contributed by atoms with Crippen LogP contribution in [-0.4, -0.2) is 28.2 Å². The largest absolute Gasteiger partial charge is 0.478 e. The van der Waals surface area contributed by atoms with Crippen LogP contribution in [0.1, 0.15) is 64.5 Å². The average Bonchev–Trinajstić information content (AvgIpc) is 3.02. The standard InChI is InChI=1S/C19H21FN2O4/c1-3-15(12-4-6-13(20)7-5-12)21-18(23)16-10-14(19(24)25)17-11(2)26-9-8-22(16)17/h4-7,10-11,15H,3,8-9H2,1-2H3,(H,21,23)(H,24,25)/t11?,15-/m1/s1. The summed E-state index contributed by atoms with van der Waals surface area (Å²) in [5, 5.41) is 12.4. The van der Waals surface area contributed by atoms with Crippen LogP contribution in [0.4, 0.5) is 4.39 Å². The summed E-state index contributed by atoms with van der Waals surface area (Å²) in [4.78, 5) is 24.4. The van der Waals surface area contributed by atoms with Gasteiger partial charge in [-0.15, -0.1) is 0 Å². The topological polar surface area (TPSA) is 80.6 Å². The Morgan fingerprint density at radius 1 is 1.38 bits per heavy atom. The second kappa shape index (κ2) is 7.29. The number of carbonyl (C=O) groups is 2. The highest BCUT2D eigenvalue weighted by Gasteiger charge is 2.30. The minimum Gasteiger partial charge on any atom is -0.478 e. The van der Waals surface area contributed by atoms with Gasteiger partial charge < -0.3 is 19.7 Å². The van der Waals surface area contributed by atoms with Crippen molar-refractivity contribution in [3.63, 3.8) is 0 Å². The molecule has 1 aliphatic rings. The first-order valence-corrected chi connectivity index (χ1v) is 8.57. The molecule has 7 heteroatoms. The third-order valence-electron chi connectivity index (χ3n) is 4.66. The molecular formula is C19H21FN2O4.